The lowest BCUT2D eigenvalue weighted by atomic mass is 9.62. The van der Waals surface area contributed by atoms with Crippen LogP contribution in [-0.4, -0.2) is 0 Å². The third kappa shape index (κ3) is 2.25. The van der Waals surface area contributed by atoms with Crippen molar-refractivity contribution in [2.75, 3.05) is 0 Å². The van der Waals surface area contributed by atoms with Gasteiger partial charge in [0.25, 0.3) is 0 Å². The van der Waals surface area contributed by atoms with E-state index in [1.807, 2.05) is 17.8 Å². The topological polar surface area (TPSA) is 30.2 Å². The van der Waals surface area contributed by atoms with Gasteiger partial charge >= 0.3 is 5.89 Å². The molecule has 3 heteroatoms. The van der Waals surface area contributed by atoms with Crippen molar-refractivity contribution in [1.29, 1.82) is 0 Å². The zero-order chi connectivity index (χ0) is 19.8. The second-order valence-electron chi connectivity index (χ2n) is 9.68. The van der Waals surface area contributed by atoms with Crippen molar-refractivity contribution in [1.82, 2.24) is 0 Å². The number of aryl methyl sites for hydroxylation is 2. The summed E-state index contributed by atoms with van der Waals surface area (Å²) in [5.41, 5.74) is 7.33. The van der Waals surface area contributed by atoms with E-state index in [4.69, 9.17) is 8.83 Å². The Morgan fingerprint density at radius 3 is 2.43 bits per heavy atom. The van der Waals surface area contributed by atoms with E-state index in [1.165, 1.54) is 34.7 Å². The number of rotatable bonds is 1. The van der Waals surface area contributed by atoms with Gasteiger partial charge in [-0.05, 0) is 53.4 Å². The molecule has 3 nitrogen and oxygen atoms in total. The van der Waals surface area contributed by atoms with Gasteiger partial charge in [0.1, 0.15) is 18.2 Å². The van der Waals surface area contributed by atoms with Crippen LogP contribution in [0.15, 0.2) is 45.6 Å². The molecule has 0 aliphatic heterocycles. The van der Waals surface area contributed by atoms with Crippen LogP contribution < -0.4 is 4.57 Å². The summed E-state index contributed by atoms with van der Waals surface area (Å²) in [5.74, 6) is 0.829. The molecule has 5 rings (SSSR count). The van der Waals surface area contributed by atoms with Crippen LogP contribution in [-0.2, 0) is 17.9 Å². The van der Waals surface area contributed by atoms with Gasteiger partial charge in [0, 0.05) is 10.8 Å². The second-order valence-corrected chi connectivity index (χ2v) is 9.68. The van der Waals surface area contributed by atoms with Crippen molar-refractivity contribution in [3.05, 3.63) is 53.4 Å². The highest BCUT2D eigenvalue weighted by Gasteiger charge is 2.39. The van der Waals surface area contributed by atoms with Crippen LogP contribution in [0.1, 0.15) is 57.2 Å². The standard InChI is InChI=1S/C25H28NO2/c1-15-7-8-16-20-18(28-22(16)19(15)23-26(6)13-14-27-23)10-9-17-21(20)25(4,5)12-11-24(17,2)3/h7-10,13-14H,11-12H2,1-6H3/q+1. The molecule has 0 atom stereocenters. The van der Waals surface area contributed by atoms with Crippen molar-refractivity contribution in [3.8, 4) is 11.5 Å². The Bertz CT molecular complexity index is 1240. The van der Waals surface area contributed by atoms with Gasteiger partial charge in [-0.25, -0.2) is 0 Å². The van der Waals surface area contributed by atoms with E-state index in [-0.39, 0.29) is 10.8 Å². The van der Waals surface area contributed by atoms with Gasteiger partial charge in [-0.3, -0.25) is 0 Å². The summed E-state index contributed by atoms with van der Waals surface area (Å²) in [5, 5.41) is 2.47. The SMILES string of the molecule is Cc1ccc2c(oc3ccc4c(c32)C(C)(C)CCC4(C)C)c1-c1occ[n+]1C. The van der Waals surface area contributed by atoms with Crippen molar-refractivity contribution in [2.24, 2.45) is 7.05 Å². The molecule has 2 aromatic heterocycles. The first-order chi connectivity index (χ1) is 13.2. The normalized spacial score (nSPS) is 17.9. The summed E-state index contributed by atoms with van der Waals surface area (Å²) in [4.78, 5) is 0. The zero-order valence-electron chi connectivity index (χ0n) is 17.6. The summed E-state index contributed by atoms with van der Waals surface area (Å²) in [6.45, 7) is 11.6. The van der Waals surface area contributed by atoms with E-state index in [0.29, 0.717) is 0 Å². The summed E-state index contributed by atoms with van der Waals surface area (Å²) in [6.07, 6.45) is 6.05. The average molecular weight is 375 g/mol. The summed E-state index contributed by atoms with van der Waals surface area (Å²) in [7, 11) is 2.01. The Hall–Kier alpha value is -2.55. The summed E-state index contributed by atoms with van der Waals surface area (Å²) >= 11 is 0. The number of aromatic nitrogens is 1. The lowest BCUT2D eigenvalue weighted by Crippen LogP contribution is -2.33. The lowest BCUT2D eigenvalue weighted by Gasteiger charge is -2.42. The van der Waals surface area contributed by atoms with Gasteiger partial charge in [-0.1, -0.05) is 45.9 Å². The van der Waals surface area contributed by atoms with Crippen LogP contribution in [0.4, 0.5) is 0 Å². The molecule has 0 radical (unpaired) electrons. The molecule has 2 heterocycles. The molecule has 0 unspecified atom stereocenters. The minimum atomic E-state index is 0.127. The number of oxazole rings is 1. The number of benzene rings is 2. The highest BCUT2D eigenvalue weighted by molar-refractivity contribution is 6.11. The van der Waals surface area contributed by atoms with Gasteiger partial charge in [0.15, 0.2) is 11.8 Å². The molecule has 1 aliphatic carbocycles. The molecular formula is C25H28NO2+. The second kappa shape index (κ2) is 5.50. The number of nitrogens with zero attached hydrogens (tertiary/aromatic N) is 1. The molecule has 144 valence electrons. The van der Waals surface area contributed by atoms with Gasteiger partial charge in [0.2, 0.25) is 6.20 Å². The molecule has 0 bridgehead atoms. The number of hydrogen-bond donors (Lipinski definition) is 0. The van der Waals surface area contributed by atoms with Crippen LogP contribution in [0.5, 0.6) is 0 Å². The van der Waals surface area contributed by atoms with Crippen molar-refractivity contribution in [2.45, 2.75) is 58.3 Å². The third-order valence-electron chi connectivity index (χ3n) is 6.79. The molecule has 4 aromatic rings. The smallest absolute Gasteiger partial charge is 0.384 e. The summed E-state index contributed by atoms with van der Waals surface area (Å²) in [6, 6.07) is 8.87. The third-order valence-corrected chi connectivity index (χ3v) is 6.79. The van der Waals surface area contributed by atoms with E-state index in [9.17, 15) is 0 Å². The minimum absolute atomic E-state index is 0.127. The highest BCUT2D eigenvalue weighted by atomic mass is 16.4. The van der Waals surface area contributed by atoms with Crippen LogP contribution in [0.25, 0.3) is 33.4 Å². The van der Waals surface area contributed by atoms with Crippen LogP contribution in [0.3, 0.4) is 0 Å². The van der Waals surface area contributed by atoms with E-state index in [1.54, 1.807) is 6.26 Å². The van der Waals surface area contributed by atoms with E-state index < -0.39 is 0 Å². The maximum absolute atomic E-state index is 6.50. The Labute approximate surface area is 166 Å². The van der Waals surface area contributed by atoms with Crippen molar-refractivity contribution in [3.63, 3.8) is 0 Å². The average Bonchev–Trinajstić information content (AvgIpc) is 3.21. The first-order valence-corrected chi connectivity index (χ1v) is 10.1. The van der Waals surface area contributed by atoms with Gasteiger partial charge in [-0.2, -0.15) is 4.57 Å². The molecule has 0 saturated heterocycles. The molecule has 2 aromatic carbocycles. The fraction of sp³-hybridized carbons (Fsp3) is 0.400. The molecule has 0 fully saturated rings. The quantitative estimate of drug-likeness (QED) is 0.365. The summed E-state index contributed by atoms with van der Waals surface area (Å²) < 4.78 is 14.3. The fourth-order valence-corrected chi connectivity index (χ4v) is 5.02. The number of furan rings is 1. The van der Waals surface area contributed by atoms with E-state index in [2.05, 4.69) is 58.9 Å². The van der Waals surface area contributed by atoms with E-state index >= 15 is 0 Å². The maximum atomic E-state index is 6.50. The Kier molecular flexibility index (Phi) is 3.44. The predicted molar refractivity (Wildman–Crippen MR) is 113 cm³/mol. The van der Waals surface area contributed by atoms with Crippen molar-refractivity contribution >= 4 is 21.9 Å². The Morgan fingerprint density at radius 2 is 1.71 bits per heavy atom. The monoisotopic (exact) mass is 374 g/mol. The molecule has 1 aliphatic rings. The molecule has 0 spiro atoms. The minimum Gasteiger partial charge on any atom is -0.455 e. The molecule has 0 saturated carbocycles. The predicted octanol–water partition coefficient (Wildman–Crippen LogP) is 6.33. The van der Waals surface area contributed by atoms with Crippen LogP contribution in [0.2, 0.25) is 0 Å². The highest BCUT2D eigenvalue weighted by Crippen LogP contribution is 2.51. The fourth-order valence-electron chi connectivity index (χ4n) is 5.02. The van der Waals surface area contributed by atoms with Crippen molar-refractivity contribution < 1.29 is 13.4 Å². The molecule has 0 N–H and O–H groups in total. The zero-order valence-corrected chi connectivity index (χ0v) is 17.6. The van der Waals surface area contributed by atoms with Crippen LogP contribution >= 0.6 is 0 Å². The first kappa shape index (κ1) is 17.5. The van der Waals surface area contributed by atoms with Gasteiger partial charge in [0.05, 0.1) is 0 Å². The molecule has 28 heavy (non-hydrogen) atoms. The first-order valence-electron chi connectivity index (χ1n) is 10.1. The number of hydrogen-bond acceptors (Lipinski definition) is 2. The maximum Gasteiger partial charge on any atom is 0.384 e. The van der Waals surface area contributed by atoms with Gasteiger partial charge in [-0.15, -0.1) is 0 Å². The largest absolute Gasteiger partial charge is 0.455 e. The molecular weight excluding hydrogens is 346 g/mol. The van der Waals surface area contributed by atoms with E-state index in [0.717, 1.165) is 28.2 Å². The van der Waals surface area contributed by atoms with Gasteiger partial charge < -0.3 is 8.83 Å². The Morgan fingerprint density at radius 1 is 0.964 bits per heavy atom. The Balaban J connectivity index is 1.95. The van der Waals surface area contributed by atoms with Crippen LogP contribution in [0, 0.1) is 6.92 Å². The molecule has 0 amide bonds. The lowest BCUT2D eigenvalue weighted by molar-refractivity contribution is -0.662. The number of fused-ring (bicyclic) bond motifs is 5.